The summed E-state index contributed by atoms with van der Waals surface area (Å²) < 4.78 is 0. The molecule has 0 aromatic carbocycles. The summed E-state index contributed by atoms with van der Waals surface area (Å²) in [5.74, 6) is -0.517. The van der Waals surface area contributed by atoms with Gasteiger partial charge >= 0.3 is 0 Å². The van der Waals surface area contributed by atoms with Crippen LogP contribution in [0.4, 0.5) is 5.13 Å². The normalized spacial score (nSPS) is 23.7. The summed E-state index contributed by atoms with van der Waals surface area (Å²) in [6.07, 6.45) is 3.68. The predicted molar refractivity (Wildman–Crippen MR) is 89.4 cm³/mol. The van der Waals surface area contributed by atoms with Crippen LogP contribution in [0, 0.1) is 11.8 Å². The van der Waals surface area contributed by atoms with Crippen molar-refractivity contribution in [3.05, 3.63) is 5.01 Å². The van der Waals surface area contributed by atoms with E-state index in [4.69, 9.17) is 0 Å². The van der Waals surface area contributed by atoms with Gasteiger partial charge in [0, 0.05) is 18.9 Å². The minimum atomic E-state index is -0.253. The maximum atomic E-state index is 12.4. The van der Waals surface area contributed by atoms with Gasteiger partial charge in [0.1, 0.15) is 5.01 Å². The minimum Gasteiger partial charge on any atom is -0.300 e. The Morgan fingerprint density at radius 2 is 1.83 bits per heavy atom. The molecule has 1 N–H and O–H groups in total. The van der Waals surface area contributed by atoms with Gasteiger partial charge in [0.05, 0.1) is 11.8 Å². The third kappa shape index (κ3) is 3.33. The lowest BCUT2D eigenvalue weighted by molar-refractivity contribution is -0.140. The standard InChI is InChI=1S/C16H22N4O3S/c1-9(2)13-18-19-16(24-13)17-12(21)7-8-20-14(22)10-5-3-4-6-11(10)15(20)23/h9-11H,3-8H2,1-2H3,(H,17,19,21)/t10-,11-/m0/s1. The second kappa shape index (κ2) is 6.96. The number of carbonyl (C=O) groups excluding carboxylic acids is 3. The molecular weight excluding hydrogens is 328 g/mol. The third-order valence-corrected chi connectivity index (χ3v) is 5.82. The van der Waals surface area contributed by atoms with Crippen molar-refractivity contribution >= 4 is 34.2 Å². The summed E-state index contributed by atoms with van der Waals surface area (Å²) >= 11 is 1.34. The number of hydrogen-bond acceptors (Lipinski definition) is 6. The number of anilines is 1. The van der Waals surface area contributed by atoms with Crippen LogP contribution in [0.5, 0.6) is 0 Å². The molecule has 1 aromatic rings. The molecule has 7 nitrogen and oxygen atoms in total. The molecule has 3 amide bonds. The fourth-order valence-electron chi connectivity index (χ4n) is 3.36. The van der Waals surface area contributed by atoms with Crippen LogP contribution < -0.4 is 5.32 Å². The maximum absolute atomic E-state index is 12.4. The van der Waals surface area contributed by atoms with Gasteiger partial charge < -0.3 is 5.32 Å². The molecule has 1 aliphatic carbocycles. The predicted octanol–water partition coefficient (Wildman–Crippen LogP) is 2.17. The van der Waals surface area contributed by atoms with Gasteiger partial charge in [0.25, 0.3) is 0 Å². The van der Waals surface area contributed by atoms with Crippen molar-refractivity contribution in [1.29, 1.82) is 0 Å². The summed E-state index contributed by atoms with van der Waals surface area (Å²) in [5.41, 5.74) is 0. The lowest BCUT2D eigenvalue weighted by atomic mass is 9.81. The fraction of sp³-hybridized carbons (Fsp3) is 0.688. The number of rotatable bonds is 5. The summed E-state index contributed by atoms with van der Waals surface area (Å²) in [4.78, 5) is 38.0. The Hall–Kier alpha value is -1.83. The first-order valence-electron chi connectivity index (χ1n) is 8.46. The van der Waals surface area contributed by atoms with Gasteiger partial charge in [0.15, 0.2) is 0 Å². The van der Waals surface area contributed by atoms with Gasteiger partial charge in [-0.2, -0.15) is 0 Å². The van der Waals surface area contributed by atoms with E-state index >= 15 is 0 Å². The molecule has 0 bridgehead atoms. The van der Waals surface area contributed by atoms with E-state index < -0.39 is 0 Å². The number of carbonyl (C=O) groups is 3. The second-order valence-corrected chi connectivity index (χ2v) is 7.73. The Labute approximate surface area is 144 Å². The molecular formula is C16H22N4O3S. The number of nitrogens with one attached hydrogen (secondary N) is 1. The van der Waals surface area contributed by atoms with Crippen molar-refractivity contribution in [3.8, 4) is 0 Å². The van der Waals surface area contributed by atoms with Gasteiger partial charge in [-0.15, -0.1) is 10.2 Å². The molecule has 2 heterocycles. The average molecular weight is 350 g/mol. The molecule has 1 aromatic heterocycles. The lowest BCUT2D eigenvalue weighted by Gasteiger charge is -2.19. The molecule has 0 unspecified atom stereocenters. The zero-order valence-electron chi connectivity index (χ0n) is 13.9. The zero-order valence-corrected chi connectivity index (χ0v) is 14.8. The SMILES string of the molecule is CC(C)c1nnc(NC(=O)CCN2C(=O)[C@H]3CCCC[C@@H]3C2=O)s1. The maximum Gasteiger partial charge on any atom is 0.233 e. The summed E-state index contributed by atoms with van der Waals surface area (Å²) in [5, 5.41) is 12.0. The molecule has 2 atom stereocenters. The molecule has 3 rings (SSSR count). The van der Waals surface area contributed by atoms with E-state index in [2.05, 4.69) is 15.5 Å². The number of amides is 3. The van der Waals surface area contributed by atoms with E-state index in [1.54, 1.807) is 0 Å². The van der Waals surface area contributed by atoms with E-state index in [1.807, 2.05) is 13.8 Å². The third-order valence-electron chi connectivity index (χ3n) is 4.68. The number of imide groups is 1. The molecule has 1 saturated heterocycles. The molecule has 130 valence electrons. The van der Waals surface area contributed by atoms with Crippen LogP contribution in [0.3, 0.4) is 0 Å². The first kappa shape index (κ1) is 17.0. The summed E-state index contributed by atoms with van der Waals surface area (Å²) in [6, 6.07) is 0. The van der Waals surface area contributed by atoms with Crippen molar-refractivity contribution in [2.75, 3.05) is 11.9 Å². The van der Waals surface area contributed by atoms with Gasteiger partial charge in [0.2, 0.25) is 22.9 Å². The number of aromatic nitrogens is 2. The average Bonchev–Trinajstić information content (AvgIpc) is 3.11. The highest BCUT2D eigenvalue weighted by molar-refractivity contribution is 7.15. The Morgan fingerprint density at radius 1 is 1.21 bits per heavy atom. The molecule has 2 aliphatic rings. The summed E-state index contributed by atoms with van der Waals surface area (Å²) in [6.45, 7) is 4.17. The highest BCUT2D eigenvalue weighted by atomic mass is 32.1. The van der Waals surface area contributed by atoms with Gasteiger partial charge in [-0.25, -0.2) is 0 Å². The topological polar surface area (TPSA) is 92.3 Å². The number of fused-ring (bicyclic) bond motifs is 1. The Morgan fingerprint density at radius 3 is 2.38 bits per heavy atom. The fourth-order valence-corrected chi connectivity index (χ4v) is 4.13. The first-order valence-corrected chi connectivity index (χ1v) is 9.27. The van der Waals surface area contributed by atoms with Crippen LogP contribution in [0.2, 0.25) is 0 Å². The van der Waals surface area contributed by atoms with Crippen LogP contribution in [-0.2, 0) is 14.4 Å². The van der Waals surface area contributed by atoms with Gasteiger partial charge in [-0.3, -0.25) is 19.3 Å². The molecule has 0 radical (unpaired) electrons. The van der Waals surface area contributed by atoms with E-state index in [0.717, 1.165) is 30.7 Å². The van der Waals surface area contributed by atoms with Crippen LogP contribution in [0.15, 0.2) is 0 Å². The molecule has 0 spiro atoms. The number of likely N-dealkylation sites (tertiary alicyclic amines) is 1. The molecule has 24 heavy (non-hydrogen) atoms. The second-order valence-electron chi connectivity index (χ2n) is 6.72. The van der Waals surface area contributed by atoms with Gasteiger partial charge in [-0.05, 0) is 12.8 Å². The largest absolute Gasteiger partial charge is 0.300 e. The highest BCUT2D eigenvalue weighted by Crippen LogP contribution is 2.38. The van der Waals surface area contributed by atoms with Gasteiger partial charge in [-0.1, -0.05) is 38.0 Å². The molecule has 8 heteroatoms. The Kier molecular flexibility index (Phi) is 4.93. The monoisotopic (exact) mass is 350 g/mol. The van der Waals surface area contributed by atoms with Crippen molar-refractivity contribution in [2.24, 2.45) is 11.8 Å². The molecule has 2 fully saturated rings. The van der Waals surface area contributed by atoms with Crippen molar-refractivity contribution in [3.63, 3.8) is 0 Å². The Bertz CT molecular complexity index is 634. The number of hydrogen-bond donors (Lipinski definition) is 1. The van der Waals surface area contributed by atoms with Crippen molar-refractivity contribution in [2.45, 2.75) is 51.9 Å². The smallest absolute Gasteiger partial charge is 0.233 e. The van der Waals surface area contributed by atoms with Crippen LogP contribution in [0.25, 0.3) is 0 Å². The number of nitrogens with zero attached hydrogens (tertiary/aromatic N) is 3. The minimum absolute atomic E-state index is 0.0908. The van der Waals surface area contributed by atoms with Crippen molar-refractivity contribution < 1.29 is 14.4 Å². The van der Waals surface area contributed by atoms with E-state index in [9.17, 15) is 14.4 Å². The molecule has 1 saturated carbocycles. The van der Waals surface area contributed by atoms with E-state index in [-0.39, 0.29) is 48.4 Å². The molecule has 1 aliphatic heterocycles. The lowest BCUT2D eigenvalue weighted by Crippen LogP contribution is -2.34. The van der Waals surface area contributed by atoms with Crippen LogP contribution >= 0.6 is 11.3 Å². The highest BCUT2D eigenvalue weighted by Gasteiger charge is 2.47. The quantitative estimate of drug-likeness (QED) is 0.822. The Balaban J connectivity index is 1.54. The summed E-state index contributed by atoms with van der Waals surface area (Å²) in [7, 11) is 0. The van der Waals surface area contributed by atoms with Crippen molar-refractivity contribution in [1.82, 2.24) is 15.1 Å². The van der Waals surface area contributed by atoms with Crippen LogP contribution in [0.1, 0.15) is 56.9 Å². The zero-order chi connectivity index (χ0) is 17.3. The first-order chi connectivity index (χ1) is 11.5. The van der Waals surface area contributed by atoms with E-state index in [0.29, 0.717) is 5.13 Å². The van der Waals surface area contributed by atoms with E-state index in [1.165, 1.54) is 16.2 Å². The van der Waals surface area contributed by atoms with Crippen LogP contribution in [-0.4, -0.2) is 39.4 Å².